The smallest absolute Gasteiger partial charge is 0.162 e. The Morgan fingerprint density at radius 1 is 1.09 bits per heavy atom. The van der Waals surface area contributed by atoms with E-state index in [4.69, 9.17) is 0 Å². The molecule has 0 fully saturated rings. The molecular formula is C19H18N2O. The average molecular weight is 290 g/mol. The molecule has 0 bridgehead atoms. The van der Waals surface area contributed by atoms with Crippen molar-refractivity contribution in [1.29, 1.82) is 0 Å². The van der Waals surface area contributed by atoms with Crippen LogP contribution in [0.5, 0.6) is 0 Å². The number of benzene rings is 2. The second kappa shape index (κ2) is 6.39. The maximum atomic E-state index is 11.9. The number of Topliss-reactive ketones (excluding diaryl/α,β-unsaturated/α-hetero) is 1. The molecular weight excluding hydrogens is 272 g/mol. The van der Waals surface area contributed by atoms with Crippen molar-refractivity contribution in [3.63, 3.8) is 0 Å². The second-order valence-electron chi connectivity index (χ2n) is 5.25. The molecule has 0 amide bonds. The molecule has 2 aromatic carbocycles. The first-order chi connectivity index (χ1) is 10.8. The second-order valence-corrected chi connectivity index (χ2v) is 5.25. The highest BCUT2D eigenvalue weighted by Crippen LogP contribution is 2.22. The Balaban J connectivity index is 1.93. The number of imidazole rings is 1. The van der Waals surface area contributed by atoms with Crippen LogP contribution in [0.15, 0.2) is 67.1 Å². The molecule has 0 N–H and O–H groups in total. The number of ketones is 1. The van der Waals surface area contributed by atoms with Crippen LogP contribution < -0.4 is 0 Å². The fourth-order valence-electron chi connectivity index (χ4n) is 2.52. The highest BCUT2D eigenvalue weighted by molar-refractivity contribution is 5.96. The van der Waals surface area contributed by atoms with Crippen LogP contribution >= 0.6 is 0 Å². The van der Waals surface area contributed by atoms with Crippen molar-refractivity contribution in [3.8, 4) is 11.3 Å². The summed E-state index contributed by atoms with van der Waals surface area (Å²) in [4.78, 5) is 16.2. The Bertz CT molecular complexity index is 775. The van der Waals surface area contributed by atoms with Gasteiger partial charge in [-0.2, -0.15) is 0 Å². The molecule has 0 unspecified atom stereocenters. The minimum atomic E-state index is 0.163. The van der Waals surface area contributed by atoms with Gasteiger partial charge in [-0.25, -0.2) is 4.98 Å². The summed E-state index contributed by atoms with van der Waals surface area (Å²) in [6.07, 6.45) is 4.20. The Morgan fingerprint density at radius 3 is 2.68 bits per heavy atom. The van der Waals surface area contributed by atoms with E-state index in [1.165, 1.54) is 5.56 Å². The van der Waals surface area contributed by atoms with Gasteiger partial charge >= 0.3 is 0 Å². The molecule has 1 heterocycles. The molecule has 0 aliphatic rings. The van der Waals surface area contributed by atoms with Gasteiger partial charge in [0.25, 0.3) is 0 Å². The summed E-state index contributed by atoms with van der Waals surface area (Å²) in [6, 6.07) is 18.0. The molecule has 3 aromatic rings. The lowest BCUT2D eigenvalue weighted by Gasteiger charge is -2.09. The first-order valence-electron chi connectivity index (χ1n) is 7.45. The molecule has 22 heavy (non-hydrogen) atoms. The van der Waals surface area contributed by atoms with Crippen molar-refractivity contribution < 1.29 is 4.79 Å². The van der Waals surface area contributed by atoms with Crippen molar-refractivity contribution in [2.24, 2.45) is 0 Å². The molecule has 3 nitrogen and oxygen atoms in total. The van der Waals surface area contributed by atoms with Gasteiger partial charge in [0.1, 0.15) is 0 Å². The third-order valence-electron chi connectivity index (χ3n) is 3.71. The van der Waals surface area contributed by atoms with E-state index in [9.17, 15) is 4.79 Å². The molecule has 0 atom stereocenters. The lowest BCUT2D eigenvalue weighted by Crippen LogP contribution is -2.01. The highest BCUT2D eigenvalue weighted by Gasteiger charge is 2.09. The minimum absolute atomic E-state index is 0.163. The Labute approximate surface area is 130 Å². The van der Waals surface area contributed by atoms with E-state index in [2.05, 4.69) is 21.7 Å². The third-order valence-corrected chi connectivity index (χ3v) is 3.71. The van der Waals surface area contributed by atoms with Gasteiger partial charge < -0.3 is 4.57 Å². The summed E-state index contributed by atoms with van der Waals surface area (Å²) >= 11 is 0. The molecule has 110 valence electrons. The molecule has 0 saturated heterocycles. The minimum Gasteiger partial charge on any atom is -0.326 e. The van der Waals surface area contributed by atoms with E-state index in [0.717, 1.165) is 23.4 Å². The molecule has 0 aliphatic heterocycles. The van der Waals surface area contributed by atoms with Gasteiger partial charge in [0, 0.05) is 24.1 Å². The normalized spacial score (nSPS) is 10.6. The van der Waals surface area contributed by atoms with Crippen LogP contribution in [-0.2, 0) is 6.54 Å². The highest BCUT2D eigenvalue weighted by atomic mass is 16.1. The van der Waals surface area contributed by atoms with Gasteiger partial charge in [-0.05, 0) is 11.6 Å². The largest absolute Gasteiger partial charge is 0.326 e. The molecule has 3 heteroatoms. The third kappa shape index (κ3) is 2.98. The first kappa shape index (κ1) is 14.3. The molecule has 3 rings (SSSR count). The number of aromatic nitrogens is 2. The lowest BCUT2D eigenvalue weighted by molar-refractivity contribution is 0.0988. The fourth-order valence-corrected chi connectivity index (χ4v) is 2.52. The molecule has 1 aromatic heterocycles. The summed E-state index contributed by atoms with van der Waals surface area (Å²) in [5.41, 5.74) is 4.03. The Hall–Kier alpha value is -2.68. The Kier molecular flexibility index (Phi) is 4.15. The maximum Gasteiger partial charge on any atom is 0.162 e. The van der Waals surface area contributed by atoms with E-state index >= 15 is 0 Å². The topological polar surface area (TPSA) is 34.9 Å². The van der Waals surface area contributed by atoms with E-state index in [1.807, 2.05) is 61.9 Å². The van der Waals surface area contributed by atoms with Crippen molar-refractivity contribution in [3.05, 3.63) is 78.2 Å². The quantitative estimate of drug-likeness (QED) is 0.660. The number of hydrogen-bond acceptors (Lipinski definition) is 2. The van der Waals surface area contributed by atoms with Gasteiger partial charge in [0.2, 0.25) is 0 Å². The van der Waals surface area contributed by atoms with Gasteiger partial charge in [-0.1, -0.05) is 55.5 Å². The van der Waals surface area contributed by atoms with Crippen molar-refractivity contribution in [1.82, 2.24) is 9.55 Å². The van der Waals surface area contributed by atoms with Crippen LogP contribution in [0.3, 0.4) is 0 Å². The number of carbonyl (C=O) groups is 1. The van der Waals surface area contributed by atoms with Crippen LogP contribution in [0, 0.1) is 0 Å². The van der Waals surface area contributed by atoms with Gasteiger partial charge in [0.15, 0.2) is 5.78 Å². The zero-order valence-electron chi connectivity index (χ0n) is 12.6. The first-order valence-corrected chi connectivity index (χ1v) is 7.45. The standard InChI is InChI=1S/C19H18N2O/c1-2-19(22)17-10-6-9-16(11-17)18-12-20-14-21(18)13-15-7-4-3-5-8-15/h3-12,14H,2,13H2,1H3. The van der Waals surface area contributed by atoms with Crippen LogP contribution in [0.4, 0.5) is 0 Å². The zero-order valence-corrected chi connectivity index (χ0v) is 12.6. The van der Waals surface area contributed by atoms with E-state index in [-0.39, 0.29) is 5.78 Å². The predicted molar refractivity (Wildman–Crippen MR) is 87.8 cm³/mol. The summed E-state index contributed by atoms with van der Waals surface area (Å²) in [5.74, 6) is 0.163. The van der Waals surface area contributed by atoms with E-state index in [0.29, 0.717) is 6.42 Å². The molecule has 0 aliphatic carbocycles. The summed E-state index contributed by atoms with van der Waals surface area (Å²) in [7, 11) is 0. The van der Waals surface area contributed by atoms with Crippen LogP contribution in [0.1, 0.15) is 29.3 Å². The maximum absolute atomic E-state index is 11.9. The van der Waals surface area contributed by atoms with Crippen LogP contribution in [0.25, 0.3) is 11.3 Å². The summed E-state index contributed by atoms with van der Waals surface area (Å²) in [6.45, 7) is 2.65. The Morgan fingerprint density at radius 2 is 1.91 bits per heavy atom. The number of rotatable bonds is 5. The number of carbonyl (C=O) groups excluding carboxylic acids is 1. The number of nitrogens with zero attached hydrogens (tertiary/aromatic N) is 2. The lowest BCUT2D eigenvalue weighted by atomic mass is 10.0. The van der Waals surface area contributed by atoms with Gasteiger partial charge in [-0.15, -0.1) is 0 Å². The fraction of sp³-hybridized carbons (Fsp3) is 0.158. The molecule has 0 spiro atoms. The van der Waals surface area contributed by atoms with Gasteiger partial charge in [0.05, 0.1) is 18.2 Å². The predicted octanol–water partition coefficient (Wildman–Crippen LogP) is 4.19. The summed E-state index contributed by atoms with van der Waals surface area (Å²) < 4.78 is 2.10. The van der Waals surface area contributed by atoms with Crippen LogP contribution in [0.2, 0.25) is 0 Å². The van der Waals surface area contributed by atoms with Gasteiger partial charge in [-0.3, -0.25) is 4.79 Å². The zero-order chi connectivity index (χ0) is 15.4. The van der Waals surface area contributed by atoms with Crippen LogP contribution in [-0.4, -0.2) is 15.3 Å². The van der Waals surface area contributed by atoms with Crippen molar-refractivity contribution in [2.75, 3.05) is 0 Å². The van der Waals surface area contributed by atoms with Crippen molar-refractivity contribution >= 4 is 5.78 Å². The SMILES string of the molecule is CCC(=O)c1cccc(-c2cncn2Cc2ccccc2)c1. The number of hydrogen-bond donors (Lipinski definition) is 0. The molecule has 0 radical (unpaired) electrons. The van der Waals surface area contributed by atoms with Crippen molar-refractivity contribution in [2.45, 2.75) is 19.9 Å². The summed E-state index contributed by atoms with van der Waals surface area (Å²) in [5, 5.41) is 0. The van der Waals surface area contributed by atoms with E-state index < -0.39 is 0 Å². The van der Waals surface area contributed by atoms with E-state index in [1.54, 1.807) is 0 Å². The monoisotopic (exact) mass is 290 g/mol. The average Bonchev–Trinajstić information content (AvgIpc) is 3.03. The molecule has 0 saturated carbocycles.